The van der Waals surface area contributed by atoms with Crippen LogP contribution in [0.4, 0.5) is 5.69 Å². The van der Waals surface area contributed by atoms with Gasteiger partial charge in [0.1, 0.15) is 0 Å². The predicted molar refractivity (Wildman–Crippen MR) is 93.8 cm³/mol. The molecule has 2 aliphatic rings. The first-order chi connectivity index (χ1) is 11.7. The number of benzene rings is 1. The summed E-state index contributed by atoms with van der Waals surface area (Å²) in [6.07, 6.45) is 9.80. The van der Waals surface area contributed by atoms with Gasteiger partial charge < -0.3 is 9.47 Å². The highest BCUT2D eigenvalue weighted by Crippen LogP contribution is 2.29. The van der Waals surface area contributed by atoms with Crippen LogP contribution in [0.25, 0.3) is 0 Å². The van der Waals surface area contributed by atoms with Gasteiger partial charge in [0.2, 0.25) is 5.91 Å². The molecule has 0 bridgehead atoms. The highest BCUT2D eigenvalue weighted by atomic mass is 16.2. The summed E-state index contributed by atoms with van der Waals surface area (Å²) < 4.78 is 2.18. The summed E-state index contributed by atoms with van der Waals surface area (Å²) in [5.41, 5.74) is 3.74. The molecule has 1 fully saturated rings. The first-order valence-electron chi connectivity index (χ1n) is 8.79. The van der Waals surface area contributed by atoms with Crippen molar-refractivity contribution in [2.45, 2.75) is 44.8 Å². The van der Waals surface area contributed by atoms with Gasteiger partial charge in [-0.25, -0.2) is 4.98 Å². The fourth-order valence-electron chi connectivity index (χ4n) is 3.99. The van der Waals surface area contributed by atoms with Crippen molar-refractivity contribution >= 4 is 11.6 Å². The number of aryl methyl sites for hydroxylation is 1. The maximum atomic E-state index is 11.8. The number of hydrogen-bond donors (Lipinski definition) is 0. The third kappa shape index (κ3) is 2.96. The van der Waals surface area contributed by atoms with E-state index in [9.17, 15) is 4.79 Å². The molecular weight excluding hydrogens is 300 g/mol. The summed E-state index contributed by atoms with van der Waals surface area (Å²) in [6.45, 7) is 3.17. The highest BCUT2D eigenvalue weighted by Gasteiger charge is 2.26. The molecule has 5 nitrogen and oxygen atoms in total. The number of amides is 1. The summed E-state index contributed by atoms with van der Waals surface area (Å²) in [4.78, 5) is 20.3. The molecule has 4 rings (SSSR count). The monoisotopic (exact) mass is 324 g/mol. The zero-order valence-electron chi connectivity index (χ0n) is 14.2. The largest absolute Gasteiger partial charge is 0.336 e. The average Bonchev–Trinajstić information content (AvgIpc) is 3.24. The number of carbonyl (C=O) groups excluding carboxylic acids is 1. The van der Waals surface area contributed by atoms with E-state index in [1.807, 2.05) is 25.8 Å². The van der Waals surface area contributed by atoms with Crippen molar-refractivity contribution in [3.63, 3.8) is 0 Å². The lowest BCUT2D eigenvalue weighted by atomic mass is 9.99. The normalized spacial score (nSPS) is 21.3. The SMILES string of the molecule is CN1C(=O)CCc2cc(CN3CCC[C@@H]3Cn3ccnc3)ccc21. The maximum Gasteiger partial charge on any atom is 0.227 e. The van der Waals surface area contributed by atoms with Gasteiger partial charge >= 0.3 is 0 Å². The summed E-state index contributed by atoms with van der Waals surface area (Å²) in [5, 5.41) is 0. The number of fused-ring (bicyclic) bond motifs is 1. The van der Waals surface area contributed by atoms with Crippen LogP contribution < -0.4 is 4.90 Å². The fraction of sp³-hybridized carbons (Fsp3) is 0.474. The van der Waals surface area contributed by atoms with Crippen LogP contribution in [0.5, 0.6) is 0 Å². The van der Waals surface area contributed by atoms with Gasteiger partial charge in [-0.15, -0.1) is 0 Å². The molecule has 0 radical (unpaired) electrons. The average molecular weight is 324 g/mol. The molecule has 0 aliphatic carbocycles. The molecule has 0 N–H and O–H groups in total. The molecular formula is C19H24N4O. The van der Waals surface area contributed by atoms with E-state index in [-0.39, 0.29) is 5.91 Å². The Morgan fingerprint density at radius 3 is 3.04 bits per heavy atom. The van der Waals surface area contributed by atoms with E-state index in [0.29, 0.717) is 12.5 Å². The summed E-state index contributed by atoms with van der Waals surface area (Å²) in [6, 6.07) is 7.17. The minimum Gasteiger partial charge on any atom is -0.336 e. The number of carbonyl (C=O) groups is 1. The second-order valence-electron chi connectivity index (χ2n) is 6.94. The number of anilines is 1. The first kappa shape index (κ1) is 15.4. The maximum absolute atomic E-state index is 11.8. The standard InChI is InChI=1S/C19H24N4O/c1-21-18-6-4-15(11-16(18)5-7-19(21)24)12-23-9-2-3-17(23)13-22-10-8-20-14-22/h4,6,8,10-11,14,17H,2-3,5,7,9,12-13H2,1H3/t17-/m1/s1. The Balaban J connectivity index is 1.47. The van der Waals surface area contributed by atoms with E-state index >= 15 is 0 Å². The van der Waals surface area contributed by atoms with Crippen molar-refractivity contribution in [3.05, 3.63) is 48.0 Å². The van der Waals surface area contributed by atoms with E-state index in [1.54, 1.807) is 4.90 Å². The third-order valence-corrected chi connectivity index (χ3v) is 5.35. The van der Waals surface area contributed by atoms with Gasteiger partial charge in [0.05, 0.1) is 6.33 Å². The van der Waals surface area contributed by atoms with Crippen LogP contribution >= 0.6 is 0 Å². The van der Waals surface area contributed by atoms with Gasteiger partial charge in [-0.2, -0.15) is 0 Å². The second-order valence-corrected chi connectivity index (χ2v) is 6.94. The Labute approximate surface area is 142 Å². The molecule has 0 unspecified atom stereocenters. The van der Waals surface area contributed by atoms with E-state index in [4.69, 9.17) is 0 Å². The van der Waals surface area contributed by atoms with Crippen molar-refractivity contribution in [1.29, 1.82) is 0 Å². The number of hydrogen-bond acceptors (Lipinski definition) is 3. The Morgan fingerprint density at radius 2 is 2.21 bits per heavy atom. The fourth-order valence-corrected chi connectivity index (χ4v) is 3.99. The van der Waals surface area contributed by atoms with Crippen molar-refractivity contribution in [3.8, 4) is 0 Å². The number of likely N-dealkylation sites (tertiary alicyclic amines) is 1. The predicted octanol–water partition coefficient (Wildman–Crippen LogP) is 2.46. The molecule has 2 aliphatic heterocycles. The van der Waals surface area contributed by atoms with Gasteiger partial charge in [-0.3, -0.25) is 9.69 Å². The highest BCUT2D eigenvalue weighted by molar-refractivity contribution is 5.95. The quantitative estimate of drug-likeness (QED) is 0.867. The van der Waals surface area contributed by atoms with Crippen LogP contribution in [0.15, 0.2) is 36.9 Å². The van der Waals surface area contributed by atoms with Gasteiger partial charge in [-0.05, 0) is 43.0 Å². The third-order valence-electron chi connectivity index (χ3n) is 5.35. The number of nitrogens with zero attached hydrogens (tertiary/aromatic N) is 4. The van der Waals surface area contributed by atoms with Crippen LogP contribution in [-0.2, 0) is 24.3 Å². The summed E-state index contributed by atoms with van der Waals surface area (Å²) in [5.74, 6) is 0.218. The molecule has 1 atom stereocenters. The Kier molecular flexibility index (Phi) is 4.10. The van der Waals surface area contributed by atoms with Crippen LogP contribution in [0.3, 0.4) is 0 Å². The molecule has 5 heteroatoms. The van der Waals surface area contributed by atoms with Crippen molar-refractivity contribution < 1.29 is 4.79 Å². The van der Waals surface area contributed by atoms with Gasteiger partial charge in [0.25, 0.3) is 0 Å². The minimum absolute atomic E-state index is 0.218. The zero-order chi connectivity index (χ0) is 16.5. The van der Waals surface area contributed by atoms with Crippen molar-refractivity contribution in [2.24, 2.45) is 0 Å². The minimum atomic E-state index is 0.218. The van der Waals surface area contributed by atoms with E-state index in [2.05, 4.69) is 32.7 Å². The molecule has 1 saturated heterocycles. The topological polar surface area (TPSA) is 41.4 Å². The Hall–Kier alpha value is -2.14. The van der Waals surface area contributed by atoms with Crippen LogP contribution in [0.2, 0.25) is 0 Å². The molecule has 1 aromatic carbocycles. The number of rotatable bonds is 4. The molecule has 1 aromatic heterocycles. The lowest BCUT2D eigenvalue weighted by molar-refractivity contribution is -0.118. The van der Waals surface area contributed by atoms with Gasteiger partial charge in [0.15, 0.2) is 0 Å². The van der Waals surface area contributed by atoms with Crippen molar-refractivity contribution in [1.82, 2.24) is 14.5 Å². The molecule has 0 spiro atoms. The molecule has 0 saturated carbocycles. The van der Waals surface area contributed by atoms with Crippen LogP contribution in [-0.4, -0.2) is 40.0 Å². The molecule has 24 heavy (non-hydrogen) atoms. The molecule has 126 valence electrons. The second kappa shape index (κ2) is 6.40. The molecule has 2 aromatic rings. The Morgan fingerprint density at radius 1 is 1.29 bits per heavy atom. The van der Waals surface area contributed by atoms with E-state index in [1.165, 1.54) is 24.0 Å². The summed E-state index contributed by atoms with van der Waals surface area (Å²) >= 11 is 0. The van der Waals surface area contributed by atoms with Crippen molar-refractivity contribution in [2.75, 3.05) is 18.5 Å². The van der Waals surface area contributed by atoms with Crippen LogP contribution in [0, 0.1) is 0 Å². The van der Waals surface area contributed by atoms with Gasteiger partial charge in [-0.1, -0.05) is 12.1 Å². The number of aromatic nitrogens is 2. The first-order valence-corrected chi connectivity index (χ1v) is 8.79. The van der Waals surface area contributed by atoms with E-state index in [0.717, 1.165) is 31.7 Å². The van der Waals surface area contributed by atoms with E-state index < -0.39 is 0 Å². The Bertz CT molecular complexity index is 725. The molecule has 1 amide bonds. The van der Waals surface area contributed by atoms with Crippen LogP contribution in [0.1, 0.15) is 30.4 Å². The zero-order valence-corrected chi connectivity index (χ0v) is 14.2. The lowest BCUT2D eigenvalue weighted by Crippen LogP contribution is -2.33. The molecule has 3 heterocycles. The summed E-state index contributed by atoms with van der Waals surface area (Å²) in [7, 11) is 1.88. The lowest BCUT2D eigenvalue weighted by Gasteiger charge is -2.28. The number of imidazole rings is 1. The smallest absolute Gasteiger partial charge is 0.227 e. The van der Waals surface area contributed by atoms with Gasteiger partial charge in [0, 0.05) is 50.7 Å².